The second kappa shape index (κ2) is 7.14. The highest BCUT2D eigenvalue weighted by molar-refractivity contribution is 7.09. The molecule has 3 rings (SSSR count). The zero-order chi connectivity index (χ0) is 16.9. The fourth-order valence-corrected chi connectivity index (χ4v) is 2.85. The molecule has 0 saturated carbocycles. The number of carbonyl (C=O) groups is 1. The van der Waals surface area contributed by atoms with Crippen molar-refractivity contribution in [3.8, 4) is 22.8 Å². The number of aromatic nitrogens is 1. The third kappa shape index (κ3) is 3.72. The zero-order valence-corrected chi connectivity index (χ0v) is 13.7. The number of ether oxygens (including phenoxy) is 2. The van der Waals surface area contributed by atoms with Crippen molar-refractivity contribution >= 4 is 17.3 Å². The van der Waals surface area contributed by atoms with E-state index in [0.29, 0.717) is 12.4 Å². The average Bonchev–Trinajstić information content (AvgIpc) is 3.09. The normalized spacial score (nSPS) is 10.4. The largest absolute Gasteiger partial charge is 0.497 e. The lowest BCUT2D eigenvalue weighted by Crippen LogP contribution is -1.99. The molecule has 0 fully saturated rings. The van der Waals surface area contributed by atoms with Crippen LogP contribution >= 0.6 is 11.3 Å². The fourth-order valence-electron chi connectivity index (χ4n) is 2.14. The molecule has 0 aliphatic carbocycles. The summed E-state index contributed by atoms with van der Waals surface area (Å²) < 4.78 is 10.8. The maximum atomic E-state index is 11.0. The van der Waals surface area contributed by atoms with E-state index in [4.69, 9.17) is 14.6 Å². The topological polar surface area (TPSA) is 68.7 Å². The van der Waals surface area contributed by atoms with Gasteiger partial charge in [0.2, 0.25) is 0 Å². The highest BCUT2D eigenvalue weighted by Gasteiger charge is 2.07. The number of methoxy groups -OCH3 is 1. The van der Waals surface area contributed by atoms with Crippen molar-refractivity contribution < 1.29 is 19.4 Å². The van der Waals surface area contributed by atoms with Crippen LogP contribution in [0.25, 0.3) is 11.3 Å². The molecule has 0 radical (unpaired) electrons. The summed E-state index contributed by atoms with van der Waals surface area (Å²) in [7, 11) is 1.63. The van der Waals surface area contributed by atoms with E-state index in [9.17, 15) is 4.79 Å². The molecule has 0 bridgehead atoms. The first kappa shape index (κ1) is 16.0. The molecule has 1 aromatic heterocycles. The maximum absolute atomic E-state index is 11.0. The lowest BCUT2D eigenvalue weighted by molar-refractivity contribution is 0.0696. The van der Waals surface area contributed by atoms with E-state index < -0.39 is 5.97 Å². The summed E-state index contributed by atoms with van der Waals surface area (Å²) in [5.41, 5.74) is 2.08. The standard InChI is InChI=1S/C18H15NO4S/c1-22-14-7-5-12(6-8-14)16-11-24-17(19-16)10-23-15-4-2-3-13(9-15)18(20)21/h2-9,11H,10H2,1H3,(H,20,21). The first-order valence-corrected chi connectivity index (χ1v) is 8.08. The molecule has 3 aromatic rings. The Kier molecular flexibility index (Phi) is 4.77. The number of rotatable bonds is 6. The van der Waals surface area contributed by atoms with Crippen molar-refractivity contribution in [1.82, 2.24) is 4.98 Å². The highest BCUT2D eigenvalue weighted by atomic mass is 32.1. The minimum atomic E-state index is -0.975. The Labute approximate surface area is 143 Å². The number of aromatic carboxylic acids is 1. The number of carboxylic acid groups (broad SMARTS) is 1. The second-order valence-corrected chi connectivity index (χ2v) is 5.92. The van der Waals surface area contributed by atoms with Crippen LogP contribution < -0.4 is 9.47 Å². The van der Waals surface area contributed by atoms with Gasteiger partial charge >= 0.3 is 5.97 Å². The van der Waals surface area contributed by atoms with Gasteiger partial charge in [0.15, 0.2) is 0 Å². The van der Waals surface area contributed by atoms with Gasteiger partial charge in [-0.2, -0.15) is 0 Å². The van der Waals surface area contributed by atoms with Gasteiger partial charge in [-0.1, -0.05) is 6.07 Å². The smallest absolute Gasteiger partial charge is 0.335 e. The Hall–Kier alpha value is -2.86. The average molecular weight is 341 g/mol. The van der Waals surface area contributed by atoms with E-state index in [1.54, 1.807) is 19.2 Å². The van der Waals surface area contributed by atoms with Gasteiger partial charge in [0.1, 0.15) is 23.1 Å². The lowest BCUT2D eigenvalue weighted by atomic mass is 10.2. The summed E-state index contributed by atoms with van der Waals surface area (Å²) in [5, 5.41) is 11.8. The SMILES string of the molecule is COc1ccc(-c2csc(COc3cccc(C(=O)O)c3)n2)cc1. The van der Waals surface area contributed by atoms with E-state index in [2.05, 4.69) is 4.98 Å². The molecule has 0 unspecified atom stereocenters. The molecule has 0 atom stereocenters. The summed E-state index contributed by atoms with van der Waals surface area (Å²) >= 11 is 1.50. The molecule has 2 aromatic carbocycles. The van der Waals surface area contributed by atoms with E-state index in [0.717, 1.165) is 22.0 Å². The van der Waals surface area contributed by atoms with E-state index in [1.807, 2.05) is 29.6 Å². The Balaban J connectivity index is 1.67. The van der Waals surface area contributed by atoms with Crippen molar-refractivity contribution in [2.24, 2.45) is 0 Å². The van der Waals surface area contributed by atoms with Crippen LogP contribution in [0.1, 0.15) is 15.4 Å². The Morgan fingerprint density at radius 2 is 1.96 bits per heavy atom. The van der Waals surface area contributed by atoms with Crippen LogP contribution in [0.15, 0.2) is 53.9 Å². The van der Waals surface area contributed by atoms with Crippen LogP contribution in [0.5, 0.6) is 11.5 Å². The Morgan fingerprint density at radius 1 is 1.17 bits per heavy atom. The van der Waals surface area contributed by atoms with E-state index in [1.165, 1.54) is 23.5 Å². The fraction of sp³-hybridized carbons (Fsp3) is 0.111. The minimum Gasteiger partial charge on any atom is -0.497 e. The van der Waals surface area contributed by atoms with Gasteiger partial charge in [0.25, 0.3) is 0 Å². The van der Waals surface area contributed by atoms with Gasteiger partial charge in [0.05, 0.1) is 18.4 Å². The van der Waals surface area contributed by atoms with Gasteiger partial charge in [-0.05, 0) is 42.5 Å². The number of benzene rings is 2. The maximum Gasteiger partial charge on any atom is 0.335 e. The van der Waals surface area contributed by atoms with E-state index >= 15 is 0 Å². The first-order valence-electron chi connectivity index (χ1n) is 7.20. The molecular weight excluding hydrogens is 326 g/mol. The molecule has 1 heterocycles. The quantitative estimate of drug-likeness (QED) is 0.731. The van der Waals surface area contributed by atoms with Gasteiger partial charge < -0.3 is 14.6 Å². The molecule has 24 heavy (non-hydrogen) atoms. The van der Waals surface area contributed by atoms with Gasteiger partial charge in [-0.15, -0.1) is 11.3 Å². The lowest BCUT2D eigenvalue weighted by Gasteiger charge is -2.04. The van der Waals surface area contributed by atoms with Crippen molar-refractivity contribution in [1.29, 1.82) is 0 Å². The monoisotopic (exact) mass is 341 g/mol. The van der Waals surface area contributed by atoms with Crippen LogP contribution in [0.3, 0.4) is 0 Å². The molecule has 0 aliphatic heterocycles. The summed E-state index contributed by atoms with van der Waals surface area (Å²) in [6.07, 6.45) is 0. The number of hydrogen-bond donors (Lipinski definition) is 1. The molecule has 0 saturated heterocycles. The van der Waals surface area contributed by atoms with Crippen LogP contribution in [0, 0.1) is 0 Å². The van der Waals surface area contributed by atoms with Crippen LogP contribution in [-0.4, -0.2) is 23.2 Å². The van der Waals surface area contributed by atoms with Crippen LogP contribution in [0.2, 0.25) is 0 Å². The predicted molar refractivity (Wildman–Crippen MR) is 91.8 cm³/mol. The molecule has 0 spiro atoms. The molecule has 6 heteroatoms. The molecule has 0 amide bonds. The predicted octanol–water partition coefficient (Wildman–Crippen LogP) is 4.10. The van der Waals surface area contributed by atoms with Gasteiger partial charge in [-0.25, -0.2) is 9.78 Å². The van der Waals surface area contributed by atoms with Crippen molar-refractivity contribution in [2.45, 2.75) is 6.61 Å². The summed E-state index contributed by atoms with van der Waals surface area (Å²) in [6, 6.07) is 14.1. The first-order chi connectivity index (χ1) is 11.7. The molecule has 0 aliphatic rings. The second-order valence-electron chi connectivity index (χ2n) is 4.98. The van der Waals surface area contributed by atoms with Crippen LogP contribution in [-0.2, 0) is 6.61 Å². The summed E-state index contributed by atoms with van der Waals surface area (Å²) in [6.45, 7) is 0.296. The third-order valence-electron chi connectivity index (χ3n) is 3.38. The number of nitrogens with zero attached hydrogens (tertiary/aromatic N) is 1. The van der Waals surface area contributed by atoms with Crippen molar-refractivity contribution in [3.05, 3.63) is 64.5 Å². The van der Waals surface area contributed by atoms with Crippen molar-refractivity contribution in [2.75, 3.05) is 7.11 Å². The van der Waals surface area contributed by atoms with E-state index in [-0.39, 0.29) is 5.56 Å². The van der Waals surface area contributed by atoms with Crippen molar-refractivity contribution in [3.63, 3.8) is 0 Å². The minimum absolute atomic E-state index is 0.200. The van der Waals surface area contributed by atoms with Gasteiger partial charge in [0, 0.05) is 10.9 Å². The Bertz CT molecular complexity index is 842. The molecular formula is C18H15NO4S. The third-order valence-corrected chi connectivity index (χ3v) is 4.20. The number of hydrogen-bond acceptors (Lipinski definition) is 5. The summed E-state index contributed by atoms with van der Waals surface area (Å²) in [5.74, 6) is 0.337. The number of thiazole rings is 1. The molecule has 1 N–H and O–H groups in total. The van der Waals surface area contributed by atoms with Crippen LogP contribution in [0.4, 0.5) is 0 Å². The molecule has 122 valence electrons. The number of carboxylic acids is 1. The Morgan fingerprint density at radius 3 is 2.67 bits per heavy atom. The van der Waals surface area contributed by atoms with Gasteiger partial charge in [-0.3, -0.25) is 0 Å². The molecule has 5 nitrogen and oxygen atoms in total. The summed E-state index contributed by atoms with van der Waals surface area (Å²) in [4.78, 5) is 15.5. The highest BCUT2D eigenvalue weighted by Crippen LogP contribution is 2.25. The zero-order valence-electron chi connectivity index (χ0n) is 12.9.